The van der Waals surface area contributed by atoms with E-state index in [1.54, 1.807) is 19.2 Å². The molecule has 64 valence electrons. The first-order valence-electron chi connectivity index (χ1n) is 3.46. The van der Waals surface area contributed by atoms with Gasteiger partial charge in [0.15, 0.2) is 5.84 Å². The standard InChI is InChI=1S/C8H11N3O/c1-12-7-5-3-2-4-6(7)8(9)11-10/h2-5H,10H2,1H3,(H2,9,11). The van der Waals surface area contributed by atoms with E-state index in [-0.39, 0.29) is 5.84 Å². The fraction of sp³-hybridized carbons (Fsp3) is 0.125. The molecule has 0 heterocycles. The summed E-state index contributed by atoms with van der Waals surface area (Å²) in [4.78, 5) is 0. The average molecular weight is 165 g/mol. The number of ether oxygens (including phenoxy) is 1. The molecule has 12 heavy (non-hydrogen) atoms. The van der Waals surface area contributed by atoms with E-state index in [1.807, 2.05) is 12.1 Å². The summed E-state index contributed by atoms with van der Waals surface area (Å²) < 4.78 is 5.05. The predicted octanol–water partition coefficient (Wildman–Crippen LogP) is 0.274. The maximum atomic E-state index is 5.52. The van der Waals surface area contributed by atoms with Gasteiger partial charge in [-0.05, 0) is 12.1 Å². The number of methoxy groups -OCH3 is 1. The maximum Gasteiger partial charge on any atom is 0.154 e. The second-order valence-corrected chi connectivity index (χ2v) is 2.21. The third kappa shape index (κ3) is 1.47. The number of hydrazone groups is 1. The summed E-state index contributed by atoms with van der Waals surface area (Å²) in [6.07, 6.45) is 0. The number of nitrogens with two attached hydrogens (primary N) is 2. The van der Waals surface area contributed by atoms with Crippen LogP contribution in [0.4, 0.5) is 0 Å². The minimum Gasteiger partial charge on any atom is -0.496 e. The number of benzene rings is 1. The summed E-state index contributed by atoms with van der Waals surface area (Å²) in [6, 6.07) is 7.29. The van der Waals surface area contributed by atoms with Crippen LogP contribution in [0.3, 0.4) is 0 Å². The summed E-state index contributed by atoms with van der Waals surface area (Å²) in [6.45, 7) is 0. The molecule has 0 amide bonds. The lowest BCUT2D eigenvalue weighted by Gasteiger charge is -2.05. The molecule has 0 aromatic heterocycles. The van der Waals surface area contributed by atoms with Crippen molar-refractivity contribution in [1.82, 2.24) is 0 Å². The van der Waals surface area contributed by atoms with Crippen molar-refractivity contribution in [3.05, 3.63) is 29.8 Å². The molecule has 0 aliphatic heterocycles. The van der Waals surface area contributed by atoms with Gasteiger partial charge in [0.05, 0.1) is 12.7 Å². The maximum absolute atomic E-state index is 5.52. The van der Waals surface area contributed by atoms with Gasteiger partial charge in [0.2, 0.25) is 0 Å². The van der Waals surface area contributed by atoms with Gasteiger partial charge in [-0.15, -0.1) is 0 Å². The first-order chi connectivity index (χ1) is 5.79. The number of amidine groups is 1. The Labute approximate surface area is 70.8 Å². The molecule has 0 aliphatic carbocycles. The number of rotatable bonds is 2. The Bertz CT molecular complexity index is 296. The van der Waals surface area contributed by atoms with Crippen molar-refractivity contribution in [1.29, 1.82) is 0 Å². The monoisotopic (exact) mass is 165 g/mol. The Morgan fingerprint density at radius 1 is 1.42 bits per heavy atom. The highest BCUT2D eigenvalue weighted by Crippen LogP contribution is 2.15. The molecule has 4 nitrogen and oxygen atoms in total. The predicted molar refractivity (Wildman–Crippen MR) is 47.9 cm³/mol. The van der Waals surface area contributed by atoms with Gasteiger partial charge in [-0.25, -0.2) is 0 Å². The van der Waals surface area contributed by atoms with Gasteiger partial charge in [-0.1, -0.05) is 12.1 Å². The molecular formula is C8H11N3O. The minimum atomic E-state index is 0.271. The number of nitrogens with zero attached hydrogens (tertiary/aromatic N) is 1. The SMILES string of the molecule is COc1ccccc1/C(N)=N/N. The van der Waals surface area contributed by atoms with Crippen molar-refractivity contribution < 1.29 is 4.74 Å². The Balaban J connectivity index is 3.13. The first kappa shape index (κ1) is 8.39. The quantitative estimate of drug-likeness (QED) is 0.286. The van der Waals surface area contributed by atoms with Crippen LogP contribution in [0.15, 0.2) is 29.4 Å². The second kappa shape index (κ2) is 3.61. The van der Waals surface area contributed by atoms with Crippen LogP contribution in [0.2, 0.25) is 0 Å². The first-order valence-corrected chi connectivity index (χ1v) is 3.46. The lowest BCUT2D eigenvalue weighted by molar-refractivity contribution is 0.414. The smallest absolute Gasteiger partial charge is 0.154 e. The van der Waals surface area contributed by atoms with Crippen molar-refractivity contribution in [2.75, 3.05) is 7.11 Å². The van der Waals surface area contributed by atoms with E-state index < -0.39 is 0 Å². The molecule has 1 aromatic rings. The van der Waals surface area contributed by atoms with Gasteiger partial charge in [0.25, 0.3) is 0 Å². The summed E-state index contributed by atoms with van der Waals surface area (Å²) >= 11 is 0. The van der Waals surface area contributed by atoms with E-state index in [0.717, 1.165) is 0 Å². The Hall–Kier alpha value is -1.71. The molecule has 1 rings (SSSR count). The zero-order valence-corrected chi connectivity index (χ0v) is 6.82. The lowest BCUT2D eigenvalue weighted by atomic mass is 10.2. The summed E-state index contributed by atoms with van der Waals surface area (Å²) in [7, 11) is 1.57. The molecule has 0 radical (unpaired) electrons. The van der Waals surface area contributed by atoms with Gasteiger partial charge in [0, 0.05) is 0 Å². The molecule has 0 aliphatic rings. The zero-order valence-electron chi connectivity index (χ0n) is 6.82. The molecule has 0 saturated heterocycles. The molecule has 4 N–H and O–H groups in total. The largest absolute Gasteiger partial charge is 0.496 e. The number of para-hydroxylation sites is 1. The molecule has 4 heteroatoms. The molecule has 0 saturated carbocycles. The molecule has 0 spiro atoms. The topological polar surface area (TPSA) is 73.6 Å². The third-order valence-electron chi connectivity index (χ3n) is 1.52. The zero-order chi connectivity index (χ0) is 8.97. The van der Waals surface area contributed by atoms with Crippen molar-refractivity contribution in [3.8, 4) is 5.75 Å². The van der Waals surface area contributed by atoms with Crippen molar-refractivity contribution in [2.45, 2.75) is 0 Å². The number of hydrogen-bond donors (Lipinski definition) is 2. The van der Waals surface area contributed by atoms with Gasteiger partial charge in [-0.2, -0.15) is 5.10 Å². The average Bonchev–Trinajstić information content (AvgIpc) is 2.16. The van der Waals surface area contributed by atoms with Gasteiger partial charge in [-0.3, -0.25) is 0 Å². The fourth-order valence-electron chi connectivity index (χ4n) is 0.926. The van der Waals surface area contributed by atoms with Crippen LogP contribution in [-0.2, 0) is 0 Å². The third-order valence-corrected chi connectivity index (χ3v) is 1.52. The molecule has 0 atom stereocenters. The minimum absolute atomic E-state index is 0.271. The van der Waals surface area contributed by atoms with E-state index in [4.69, 9.17) is 16.3 Å². The van der Waals surface area contributed by atoms with Crippen molar-refractivity contribution in [3.63, 3.8) is 0 Å². The van der Waals surface area contributed by atoms with E-state index in [9.17, 15) is 0 Å². The van der Waals surface area contributed by atoms with Crippen LogP contribution in [0.1, 0.15) is 5.56 Å². The molecule has 0 fully saturated rings. The number of hydrogen-bond acceptors (Lipinski definition) is 3. The molecule has 0 bridgehead atoms. The molecular weight excluding hydrogens is 154 g/mol. The van der Waals surface area contributed by atoms with Crippen LogP contribution < -0.4 is 16.3 Å². The van der Waals surface area contributed by atoms with Crippen LogP contribution in [0.5, 0.6) is 5.75 Å². The van der Waals surface area contributed by atoms with E-state index in [1.165, 1.54) is 0 Å². The Morgan fingerprint density at radius 2 is 2.08 bits per heavy atom. The van der Waals surface area contributed by atoms with Gasteiger partial charge >= 0.3 is 0 Å². The summed E-state index contributed by atoms with van der Waals surface area (Å²) in [5.41, 5.74) is 6.23. The highest BCUT2D eigenvalue weighted by atomic mass is 16.5. The molecule has 0 unspecified atom stereocenters. The van der Waals surface area contributed by atoms with Crippen molar-refractivity contribution in [2.24, 2.45) is 16.7 Å². The van der Waals surface area contributed by atoms with Crippen LogP contribution in [0, 0.1) is 0 Å². The lowest BCUT2D eigenvalue weighted by Crippen LogP contribution is -2.16. The fourth-order valence-corrected chi connectivity index (χ4v) is 0.926. The van der Waals surface area contributed by atoms with E-state index in [2.05, 4.69) is 5.10 Å². The van der Waals surface area contributed by atoms with E-state index >= 15 is 0 Å². The normalized spacial score (nSPS) is 11.2. The van der Waals surface area contributed by atoms with Gasteiger partial charge in [0.1, 0.15) is 5.75 Å². The van der Waals surface area contributed by atoms with Crippen LogP contribution >= 0.6 is 0 Å². The molecule has 1 aromatic carbocycles. The highest BCUT2D eigenvalue weighted by Gasteiger charge is 2.03. The summed E-state index contributed by atoms with van der Waals surface area (Å²) in [5, 5.41) is 3.38. The summed E-state index contributed by atoms with van der Waals surface area (Å²) in [5.74, 6) is 5.98. The van der Waals surface area contributed by atoms with Crippen LogP contribution in [0.25, 0.3) is 0 Å². The van der Waals surface area contributed by atoms with E-state index in [0.29, 0.717) is 11.3 Å². The Morgan fingerprint density at radius 3 is 2.67 bits per heavy atom. The van der Waals surface area contributed by atoms with Crippen molar-refractivity contribution >= 4 is 5.84 Å². The van der Waals surface area contributed by atoms with Gasteiger partial charge < -0.3 is 16.3 Å². The second-order valence-electron chi connectivity index (χ2n) is 2.21. The van der Waals surface area contributed by atoms with Crippen LogP contribution in [-0.4, -0.2) is 12.9 Å². The Kier molecular flexibility index (Phi) is 2.53. The highest BCUT2D eigenvalue weighted by molar-refractivity contribution is 5.99.